The van der Waals surface area contributed by atoms with E-state index >= 15 is 0 Å². The molecule has 0 saturated heterocycles. The molecule has 0 aliphatic carbocycles. The van der Waals surface area contributed by atoms with E-state index in [1.807, 2.05) is 51.1 Å². The number of aromatic nitrogens is 1. The van der Waals surface area contributed by atoms with E-state index in [0.717, 1.165) is 45.1 Å². The van der Waals surface area contributed by atoms with Gasteiger partial charge in [-0.3, -0.25) is 4.79 Å². The van der Waals surface area contributed by atoms with Crippen molar-refractivity contribution >= 4 is 23.2 Å². The molecule has 0 atom stereocenters. The van der Waals surface area contributed by atoms with Gasteiger partial charge in [0.1, 0.15) is 5.76 Å². The van der Waals surface area contributed by atoms with Crippen LogP contribution in [0.5, 0.6) is 0 Å². The van der Waals surface area contributed by atoms with E-state index in [4.69, 9.17) is 4.42 Å². The Bertz CT molecular complexity index is 989. The highest BCUT2D eigenvalue weighted by Gasteiger charge is 2.25. The molecule has 4 heteroatoms. The second kappa shape index (κ2) is 5.27. The number of hydrogen-bond donors (Lipinski definition) is 2. The largest absolute Gasteiger partial charge is 0.464 e. The maximum Gasteiger partial charge on any atom is 0.256 e. The molecule has 0 saturated carbocycles. The van der Waals surface area contributed by atoms with E-state index in [9.17, 15) is 4.79 Å². The summed E-state index contributed by atoms with van der Waals surface area (Å²) in [6.45, 7) is 6.05. The van der Waals surface area contributed by atoms with Gasteiger partial charge in [-0.15, -0.1) is 0 Å². The number of furan rings is 1. The van der Waals surface area contributed by atoms with Crippen LogP contribution in [0.3, 0.4) is 0 Å². The second-order valence-electron chi connectivity index (χ2n) is 6.25. The van der Waals surface area contributed by atoms with Gasteiger partial charge < -0.3 is 14.7 Å². The van der Waals surface area contributed by atoms with E-state index in [1.54, 1.807) is 6.26 Å². The first-order valence-corrected chi connectivity index (χ1v) is 7.91. The average molecular weight is 318 g/mol. The van der Waals surface area contributed by atoms with Crippen LogP contribution in [0.15, 0.2) is 41.0 Å². The molecule has 1 amide bonds. The van der Waals surface area contributed by atoms with Crippen molar-refractivity contribution < 1.29 is 9.21 Å². The lowest BCUT2D eigenvalue weighted by Crippen LogP contribution is -2.03. The van der Waals surface area contributed by atoms with Gasteiger partial charge in [0, 0.05) is 28.2 Å². The fraction of sp³-hybridized carbons (Fsp3) is 0.150. The highest BCUT2D eigenvalue weighted by molar-refractivity contribution is 6.35. The molecule has 1 aliphatic heterocycles. The molecule has 0 unspecified atom stereocenters. The van der Waals surface area contributed by atoms with E-state index < -0.39 is 0 Å². The number of aryl methyl sites for hydroxylation is 3. The van der Waals surface area contributed by atoms with Gasteiger partial charge in [0.05, 0.1) is 11.8 Å². The van der Waals surface area contributed by atoms with Crippen LogP contribution >= 0.6 is 0 Å². The first-order valence-electron chi connectivity index (χ1n) is 7.91. The number of nitrogens with one attached hydrogen (secondary N) is 2. The summed E-state index contributed by atoms with van der Waals surface area (Å²) in [5.74, 6) is 0.758. The van der Waals surface area contributed by atoms with Crippen LogP contribution in [0, 0.1) is 20.8 Å². The number of fused-ring (bicyclic) bond motifs is 1. The van der Waals surface area contributed by atoms with Crippen LogP contribution in [0.25, 0.3) is 23.0 Å². The molecule has 2 N–H and O–H groups in total. The highest BCUT2D eigenvalue weighted by atomic mass is 16.3. The summed E-state index contributed by atoms with van der Waals surface area (Å²) in [5.41, 5.74) is 7.62. The van der Waals surface area contributed by atoms with Gasteiger partial charge in [0.15, 0.2) is 0 Å². The van der Waals surface area contributed by atoms with Gasteiger partial charge in [-0.05, 0) is 68.3 Å². The van der Waals surface area contributed by atoms with Crippen LogP contribution in [0.2, 0.25) is 0 Å². The number of rotatable bonds is 2. The van der Waals surface area contributed by atoms with E-state index in [2.05, 4.69) is 16.4 Å². The third-order valence-corrected chi connectivity index (χ3v) is 4.41. The van der Waals surface area contributed by atoms with E-state index in [1.165, 1.54) is 0 Å². The predicted molar refractivity (Wildman–Crippen MR) is 95.6 cm³/mol. The Morgan fingerprint density at radius 3 is 2.54 bits per heavy atom. The first-order chi connectivity index (χ1) is 11.5. The smallest absolute Gasteiger partial charge is 0.256 e. The van der Waals surface area contributed by atoms with Crippen molar-refractivity contribution in [3.8, 4) is 11.3 Å². The van der Waals surface area contributed by atoms with E-state index in [0.29, 0.717) is 5.57 Å². The molecule has 1 aliphatic rings. The molecule has 0 spiro atoms. The molecule has 4 nitrogen and oxygen atoms in total. The van der Waals surface area contributed by atoms with Crippen LogP contribution in [0.4, 0.5) is 5.69 Å². The molecule has 1 aromatic carbocycles. The molecule has 3 heterocycles. The van der Waals surface area contributed by atoms with Crippen LogP contribution in [-0.2, 0) is 4.79 Å². The minimum absolute atomic E-state index is 0.0787. The Hall–Kier alpha value is -3.01. The number of amides is 1. The van der Waals surface area contributed by atoms with Crippen LogP contribution in [0.1, 0.15) is 28.1 Å². The SMILES string of the molecule is Cc1cc(C)c(/C=C2\C(=O)Nc3ccc(-c4occc4C)cc32)[nH]1. The Morgan fingerprint density at radius 1 is 1.04 bits per heavy atom. The predicted octanol–water partition coefficient (Wildman–Crippen LogP) is 4.69. The van der Waals surface area contributed by atoms with Crippen molar-refractivity contribution in [3.63, 3.8) is 0 Å². The average Bonchev–Trinajstić information content (AvgIpc) is 3.18. The monoisotopic (exact) mass is 318 g/mol. The zero-order valence-electron chi connectivity index (χ0n) is 13.9. The van der Waals surface area contributed by atoms with Crippen molar-refractivity contribution in [3.05, 3.63) is 64.7 Å². The fourth-order valence-corrected chi connectivity index (χ4v) is 3.18. The van der Waals surface area contributed by atoms with Crippen molar-refractivity contribution in [1.29, 1.82) is 0 Å². The number of carbonyl (C=O) groups is 1. The minimum Gasteiger partial charge on any atom is -0.464 e. The van der Waals surface area contributed by atoms with Gasteiger partial charge in [-0.2, -0.15) is 0 Å². The Kier molecular flexibility index (Phi) is 3.20. The molecular weight excluding hydrogens is 300 g/mol. The lowest BCUT2D eigenvalue weighted by molar-refractivity contribution is -0.110. The van der Waals surface area contributed by atoms with Crippen molar-refractivity contribution in [2.24, 2.45) is 0 Å². The van der Waals surface area contributed by atoms with Gasteiger partial charge >= 0.3 is 0 Å². The summed E-state index contributed by atoms with van der Waals surface area (Å²) < 4.78 is 5.58. The van der Waals surface area contributed by atoms with Crippen LogP contribution < -0.4 is 5.32 Å². The zero-order valence-corrected chi connectivity index (χ0v) is 13.9. The Balaban J connectivity index is 1.84. The molecule has 4 rings (SSSR count). The number of hydrogen-bond acceptors (Lipinski definition) is 2. The molecular formula is C20H18N2O2. The Labute approximate surface area is 140 Å². The zero-order chi connectivity index (χ0) is 16.8. The van der Waals surface area contributed by atoms with Crippen molar-refractivity contribution in [2.45, 2.75) is 20.8 Å². The van der Waals surface area contributed by atoms with Crippen molar-refractivity contribution in [1.82, 2.24) is 4.98 Å². The lowest BCUT2D eigenvalue weighted by Gasteiger charge is -2.04. The molecule has 0 bridgehead atoms. The standard InChI is InChI=1S/C20H18N2O2/c1-11-6-7-24-19(11)14-4-5-17-15(9-14)16(20(23)22-17)10-18-12(2)8-13(3)21-18/h4-10,21H,1-3H3,(H,22,23)/b16-10-. The number of aromatic amines is 1. The second-order valence-corrected chi connectivity index (χ2v) is 6.25. The minimum atomic E-state index is -0.0787. The number of carbonyl (C=O) groups excluding carboxylic acids is 1. The van der Waals surface area contributed by atoms with E-state index in [-0.39, 0.29) is 5.91 Å². The van der Waals surface area contributed by atoms with Gasteiger partial charge in [-0.1, -0.05) is 0 Å². The summed E-state index contributed by atoms with van der Waals surface area (Å²) in [4.78, 5) is 15.7. The molecule has 3 aromatic rings. The molecule has 2 aromatic heterocycles. The van der Waals surface area contributed by atoms with Gasteiger partial charge in [0.2, 0.25) is 0 Å². The molecule has 0 fully saturated rings. The third kappa shape index (κ3) is 2.27. The summed E-state index contributed by atoms with van der Waals surface area (Å²) in [5, 5.41) is 2.93. The van der Waals surface area contributed by atoms with Crippen molar-refractivity contribution in [2.75, 3.05) is 5.32 Å². The summed E-state index contributed by atoms with van der Waals surface area (Å²) in [6.07, 6.45) is 3.60. The quantitative estimate of drug-likeness (QED) is 0.673. The topological polar surface area (TPSA) is 58.0 Å². The summed E-state index contributed by atoms with van der Waals surface area (Å²) in [7, 11) is 0. The first kappa shape index (κ1) is 14.6. The Morgan fingerprint density at radius 2 is 1.88 bits per heavy atom. The third-order valence-electron chi connectivity index (χ3n) is 4.41. The molecule has 0 radical (unpaired) electrons. The van der Waals surface area contributed by atoms with Gasteiger partial charge in [0.25, 0.3) is 5.91 Å². The summed E-state index contributed by atoms with van der Waals surface area (Å²) in [6, 6.07) is 9.92. The number of anilines is 1. The molecule has 120 valence electrons. The molecule has 24 heavy (non-hydrogen) atoms. The number of benzene rings is 1. The number of H-pyrrole nitrogens is 1. The maximum atomic E-state index is 12.4. The maximum absolute atomic E-state index is 12.4. The highest BCUT2D eigenvalue weighted by Crippen LogP contribution is 2.37. The normalized spacial score (nSPS) is 15.0. The summed E-state index contributed by atoms with van der Waals surface area (Å²) >= 11 is 0. The van der Waals surface area contributed by atoms with Crippen LogP contribution in [-0.4, -0.2) is 10.9 Å². The van der Waals surface area contributed by atoms with Gasteiger partial charge in [-0.25, -0.2) is 0 Å². The fourth-order valence-electron chi connectivity index (χ4n) is 3.18. The lowest BCUT2D eigenvalue weighted by atomic mass is 10.0.